The summed E-state index contributed by atoms with van der Waals surface area (Å²) in [4.78, 5) is 0. The monoisotopic (exact) mass is 323 g/mol. The molecule has 0 radical (unpaired) electrons. The summed E-state index contributed by atoms with van der Waals surface area (Å²) in [5.41, 5.74) is 2.26. The van der Waals surface area contributed by atoms with E-state index in [9.17, 15) is 8.42 Å². The summed E-state index contributed by atoms with van der Waals surface area (Å²) in [5, 5.41) is 4.90. The Kier molecular flexibility index (Phi) is 5.19. The minimum Gasteiger partial charge on any atom is -0.312 e. The molecule has 1 aromatic carbocycles. The number of hydrogen-bond donors (Lipinski definition) is 1. The molecule has 0 spiro atoms. The largest absolute Gasteiger partial charge is 0.312 e. The molecule has 1 heterocycles. The summed E-state index contributed by atoms with van der Waals surface area (Å²) in [6.07, 6.45) is 0. The molecule has 1 N–H and O–H groups in total. The van der Waals surface area contributed by atoms with Crippen molar-refractivity contribution in [1.29, 1.82) is 0 Å². The van der Waals surface area contributed by atoms with Crippen LogP contribution in [-0.4, -0.2) is 21.2 Å². The first-order valence-corrected chi connectivity index (χ1v) is 9.50. The molecule has 21 heavy (non-hydrogen) atoms. The minimum atomic E-state index is -3.25. The molecule has 1 aromatic heterocycles. The number of rotatable bonds is 6. The molecule has 1 unspecified atom stereocenters. The van der Waals surface area contributed by atoms with Gasteiger partial charge in [-0.1, -0.05) is 44.2 Å². The van der Waals surface area contributed by atoms with Crippen LogP contribution in [0.4, 0.5) is 0 Å². The van der Waals surface area contributed by atoms with Gasteiger partial charge < -0.3 is 5.32 Å². The fourth-order valence-electron chi connectivity index (χ4n) is 2.20. The molecule has 0 bridgehead atoms. The van der Waals surface area contributed by atoms with Crippen LogP contribution in [0.5, 0.6) is 0 Å². The Hall–Kier alpha value is -1.17. The molecule has 0 fully saturated rings. The van der Waals surface area contributed by atoms with Crippen molar-refractivity contribution < 1.29 is 8.42 Å². The number of thiophene rings is 1. The average molecular weight is 323 g/mol. The molecular weight excluding hydrogens is 302 g/mol. The Labute approximate surface area is 130 Å². The van der Waals surface area contributed by atoms with Gasteiger partial charge in [0.1, 0.15) is 4.21 Å². The Balaban J connectivity index is 2.20. The van der Waals surface area contributed by atoms with Crippen molar-refractivity contribution in [2.24, 2.45) is 0 Å². The van der Waals surface area contributed by atoms with Gasteiger partial charge in [0.15, 0.2) is 9.84 Å². The number of nitrogens with one attached hydrogen (secondary N) is 1. The van der Waals surface area contributed by atoms with E-state index in [1.165, 1.54) is 16.9 Å². The van der Waals surface area contributed by atoms with E-state index in [4.69, 9.17) is 0 Å². The summed E-state index contributed by atoms with van der Waals surface area (Å²) in [7, 11) is -1.45. The lowest BCUT2D eigenvalue weighted by molar-refractivity contribution is 0.576. The molecule has 0 aliphatic carbocycles. The summed E-state index contributed by atoms with van der Waals surface area (Å²) in [6, 6.07) is 11.4. The van der Waals surface area contributed by atoms with Crippen LogP contribution in [0.3, 0.4) is 0 Å². The van der Waals surface area contributed by atoms with E-state index in [-0.39, 0.29) is 11.8 Å². The molecule has 0 saturated heterocycles. The fourth-order valence-corrected chi connectivity index (χ4v) is 4.86. The van der Waals surface area contributed by atoms with Crippen LogP contribution in [0.25, 0.3) is 0 Å². The first kappa shape index (κ1) is 16.2. The van der Waals surface area contributed by atoms with Crippen molar-refractivity contribution in [3.63, 3.8) is 0 Å². The molecule has 0 amide bonds. The molecule has 0 saturated carbocycles. The van der Waals surface area contributed by atoms with Crippen LogP contribution in [0.2, 0.25) is 0 Å². The normalized spacial score (nSPS) is 13.5. The van der Waals surface area contributed by atoms with Gasteiger partial charge in [-0.3, -0.25) is 0 Å². The first-order valence-electron chi connectivity index (χ1n) is 6.97. The zero-order valence-corrected chi connectivity index (χ0v) is 14.2. The highest BCUT2D eigenvalue weighted by molar-refractivity contribution is 7.93. The third-order valence-corrected chi connectivity index (χ3v) is 6.78. The first-order chi connectivity index (χ1) is 9.94. The van der Waals surface area contributed by atoms with Crippen LogP contribution in [0.15, 0.2) is 46.0 Å². The molecule has 0 aliphatic heterocycles. The van der Waals surface area contributed by atoms with Gasteiger partial charge in [0.25, 0.3) is 0 Å². The van der Waals surface area contributed by atoms with E-state index in [0.29, 0.717) is 10.1 Å². The molecule has 0 aliphatic rings. The standard InChI is InChI=1S/C16H21NO2S2/c1-12(2)13-6-8-14(9-7-13)15(17-3)11-21(18,19)16-5-4-10-20-16/h4-10,12,15,17H,11H2,1-3H3. The van der Waals surface area contributed by atoms with Gasteiger partial charge in [-0.25, -0.2) is 8.42 Å². The van der Waals surface area contributed by atoms with E-state index < -0.39 is 9.84 Å². The van der Waals surface area contributed by atoms with Crippen molar-refractivity contribution in [2.75, 3.05) is 12.8 Å². The van der Waals surface area contributed by atoms with Crippen LogP contribution >= 0.6 is 11.3 Å². The zero-order chi connectivity index (χ0) is 15.5. The highest BCUT2D eigenvalue weighted by atomic mass is 32.2. The van der Waals surface area contributed by atoms with Gasteiger partial charge in [-0.15, -0.1) is 11.3 Å². The van der Waals surface area contributed by atoms with Crippen LogP contribution in [0, 0.1) is 0 Å². The second kappa shape index (κ2) is 6.73. The van der Waals surface area contributed by atoms with E-state index in [1.807, 2.05) is 12.1 Å². The van der Waals surface area contributed by atoms with E-state index >= 15 is 0 Å². The zero-order valence-electron chi connectivity index (χ0n) is 12.5. The fraction of sp³-hybridized carbons (Fsp3) is 0.375. The predicted octanol–water partition coefficient (Wildman–Crippen LogP) is 3.61. The molecule has 3 nitrogen and oxygen atoms in total. The van der Waals surface area contributed by atoms with Crippen molar-refractivity contribution in [2.45, 2.75) is 30.0 Å². The van der Waals surface area contributed by atoms with Gasteiger partial charge in [0, 0.05) is 6.04 Å². The predicted molar refractivity (Wildman–Crippen MR) is 88.7 cm³/mol. The summed E-state index contributed by atoms with van der Waals surface area (Å²) < 4.78 is 25.2. The number of sulfone groups is 1. The molecule has 2 aromatic rings. The topological polar surface area (TPSA) is 46.2 Å². The highest BCUT2D eigenvalue weighted by Gasteiger charge is 2.22. The Morgan fingerprint density at radius 3 is 2.19 bits per heavy atom. The third kappa shape index (κ3) is 3.93. The number of hydrogen-bond acceptors (Lipinski definition) is 4. The number of benzene rings is 1. The molecule has 1 atom stereocenters. The Morgan fingerprint density at radius 2 is 1.71 bits per heavy atom. The maximum absolute atomic E-state index is 12.4. The van der Waals surface area contributed by atoms with Crippen LogP contribution in [0.1, 0.15) is 36.9 Å². The van der Waals surface area contributed by atoms with Gasteiger partial charge in [-0.2, -0.15) is 0 Å². The van der Waals surface area contributed by atoms with Gasteiger partial charge in [0.2, 0.25) is 0 Å². The Bertz CT molecular complexity index is 659. The SMILES string of the molecule is CNC(CS(=O)(=O)c1cccs1)c1ccc(C(C)C)cc1. The van der Waals surface area contributed by atoms with Crippen molar-refractivity contribution in [3.05, 3.63) is 52.9 Å². The van der Waals surface area contributed by atoms with Gasteiger partial charge >= 0.3 is 0 Å². The second-order valence-electron chi connectivity index (χ2n) is 5.38. The van der Waals surface area contributed by atoms with Crippen LogP contribution in [-0.2, 0) is 9.84 Å². The average Bonchev–Trinajstić information content (AvgIpc) is 3.00. The van der Waals surface area contributed by atoms with E-state index in [2.05, 4.69) is 31.3 Å². The van der Waals surface area contributed by atoms with Crippen molar-refractivity contribution in [1.82, 2.24) is 5.32 Å². The lowest BCUT2D eigenvalue weighted by atomic mass is 10.00. The lowest BCUT2D eigenvalue weighted by Crippen LogP contribution is -2.25. The molecule has 114 valence electrons. The maximum Gasteiger partial charge on any atom is 0.189 e. The van der Waals surface area contributed by atoms with Gasteiger partial charge in [0.05, 0.1) is 5.75 Å². The highest BCUT2D eigenvalue weighted by Crippen LogP contribution is 2.24. The molecule has 5 heteroatoms. The maximum atomic E-state index is 12.4. The minimum absolute atomic E-state index is 0.0744. The third-order valence-electron chi connectivity index (χ3n) is 3.54. The molecule has 2 rings (SSSR count). The summed E-state index contributed by atoms with van der Waals surface area (Å²) >= 11 is 1.27. The van der Waals surface area contributed by atoms with Gasteiger partial charge in [-0.05, 0) is 35.5 Å². The molecular formula is C16H21NO2S2. The van der Waals surface area contributed by atoms with E-state index in [0.717, 1.165) is 5.56 Å². The van der Waals surface area contributed by atoms with E-state index in [1.54, 1.807) is 24.6 Å². The quantitative estimate of drug-likeness (QED) is 0.883. The Morgan fingerprint density at radius 1 is 1.10 bits per heavy atom. The summed E-state index contributed by atoms with van der Waals surface area (Å²) in [5.74, 6) is 0.548. The summed E-state index contributed by atoms with van der Waals surface area (Å²) in [6.45, 7) is 4.29. The van der Waals surface area contributed by atoms with Crippen LogP contribution < -0.4 is 5.32 Å². The smallest absolute Gasteiger partial charge is 0.189 e. The second-order valence-corrected chi connectivity index (χ2v) is 8.58. The van der Waals surface area contributed by atoms with Crippen molar-refractivity contribution in [3.8, 4) is 0 Å². The lowest BCUT2D eigenvalue weighted by Gasteiger charge is -2.17. The van der Waals surface area contributed by atoms with Crippen molar-refractivity contribution >= 4 is 21.2 Å².